The van der Waals surface area contributed by atoms with Crippen LogP contribution in [0.1, 0.15) is 65.2 Å². The number of aromatic nitrogens is 1. The highest BCUT2D eigenvalue weighted by Crippen LogP contribution is 2.42. The van der Waals surface area contributed by atoms with E-state index in [1.165, 1.54) is 66.4 Å². The molecule has 1 heterocycles. The summed E-state index contributed by atoms with van der Waals surface area (Å²) in [4.78, 5) is 0. The topological polar surface area (TPSA) is 4.93 Å². The van der Waals surface area contributed by atoms with Gasteiger partial charge in [0.25, 0.3) is 0 Å². The summed E-state index contributed by atoms with van der Waals surface area (Å²) in [6.07, 6.45) is 0.949. The van der Waals surface area contributed by atoms with Crippen LogP contribution in [0.3, 0.4) is 0 Å². The van der Waals surface area contributed by atoms with E-state index in [-0.39, 0.29) is 10.8 Å². The standard InChI is InChI=1S/C40H41N/c1-8-31-32(27-16-10-9-11-17-27)19-15-23-36(31)41-37-22-13-12-18-34(37)35-21-14-20-33(38(35)41)28-24-29(39(2,3)4)26-30(25-28)40(5,6)7/h9-26H,8H2,1-7H3. The van der Waals surface area contributed by atoms with Gasteiger partial charge in [0, 0.05) is 22.0 Å². The van der Waals surface area contributed by atoms with Gasteiger partial charge in [0.05, 0.1) is 11.0 Å². The summed E-state index contributed by atoms with van der Waals surface area (Å²) in [6, 6.07) is 40.6. The minimum absolute atomic E-state index is 0.0516. The van der Waals surface area contributed by atoms with Gasteiger partial charge in [0.2, 0.25) is 0 Å². The first-order valence-electron chi connectivity index (χ1n) is 14.9. The van der Waals surface area contributed by atoms with Gasteiger partial charge >= 0.3 is 0 Å². The molecule has 1 heteroatoms. The van der Waals surface area contributed by atoms with Crippen molar-refractivity contribution in [1.82, 2.24) is 4.57 Å². The minimum Gasteiger partial charge on any atom is -0.308 e. The molecular formula is C40H41N. The molecule has 0 bridgehead atoms. The Kier molecular flexibility index (Phi) is 6.65. The Hall–Kier alpha value is -4.10. The lowest BCUT2D eigenvalue weighted by atomic mass is 9.79. The van der Waals surface area contributed by atoms with Crippen molar-refractivity contribution in [3.8, 4) is 27.9 Å². The third-order valence-corrected chi connectivity index (χ3v) is 8.50. The molecule has 41 heavy (non-hydrogen) atoms. The third kappa shape index (κ3) is 4.78. The van der Waals surface area contributed by atoms with Crippen LogP contribution in [0.5, 0.6) is 0 Å². The molecule has 0 aliphatic rings. The van der Waals surface area contributed by atoms with Crippen LogP contribution in [0, 0.1) is 0 Å². The summed E-state index contributed by atoms with van der Waals surface area (Å²) in [5.41, 5.74) is 13.1. The fourth-order valence-electron chi connectivity index (χ4n) is 6.19. The zero-order valence-electron chi connectivity index (χ0n) is 25.5. The average Bonchev–Trinajstić information content (AvgIpc) is 3.30. The first-order valence-corrected chi connectivity index (χ1v) is 14.9. The summed E-state index contributed by atoms with van der Waals surface area (Å²) in [7, 11) is 0. The van der Waals surface area contributed by atoms with E-state index in [1.807, 2.05) is 0 Å². The maximum absolute atomic E-state index is 2.53. The second kappa shape index (κ2) is 10.1. The predicted molar refractivity (Wildman–Crippen MR) is 178 cm³/mol. The van der Waals surface area contributed by atoms with E-state index in [2.05, 4.69) is 162 Å². The van der Waals surface area contributed by atoms with E-state index in [0.717, 1.165) is 6.42 Å². The molecule has 0 aliphatic carbocycles. The third-order valence-electron chi connectivity index (χ3n) is 8.50. The van der Waals surface area contributed by atoms with Crippen LogP contribution in [-0.2, 0) is 17.3 Å². The molecule has 206 valence electrons. The van der Waals surface area contributed by atoms with Gasteiger partial charge in [-0.25, -0.2) is 0 Å². The van der Waals surface area contributed by atoms with Gasteiger partial charge in [-0.1, -0.05) is 146 Å². The van der Waals surface area contributed by atoms with Gasteiger partial charge in [-0.2, -0.15) is 0 Å². The molecule has 0 spiro atoms. The Morgan fingerprint density at radius 2 is 1.12 bits per heavy atom. The molecular weight excluding hydrogens is 494 g/mol. The highest BCUT2D eigenvalue weighted by Gasteiger charge is 2.24. The van der Waals surface area contributed by atoms with Crippen molar-refractivity contribution in [2.75, 3.05) is 0 Å². The molecule has 0 atom stereocenters. The maximum atomic E-state index is 2.53. The first-order chi connectivity index (χ1) is 19.6. The van der Waals surface area contributed by atoms with Gasteiger partial charge in [-0.15, -0.1) is 0 Å². The highest BCUT2D eigenvalue weighted by molar-refractivity contribution is 6.14. The van der Waals surface area contributed by atoms with Crippen LogP contribution in [0.15, 0.2) is 109 Å². The molecule has 0 radical (unpaired) electrons. The molecule has 0 saturated heterocycles. The van der Waals surface area contributed by atoms with E-state index < -0.39 is 0 Å². The fourth-order valence-corrected chi connectivity index (χ4v) is 6.19. The molecule has 0 amide bonds. The summed E-state index contributed by atoms with van der Waals surface area (Å²) in [5.74, 6) is 0. The SMILES string of the molecule is CCc1c(-c2ccccc2)cccc1-n1c2ccccc2c2cccc(-c3cc(C(C)(C)C)cc(C(C)(C)C)c3)c21. The summed E-state index contributed by atoms with van der Waals surface area (Å²) >= 11 is 0. The van der Waals surface area contributed by atoms with Crippen molar-refractivity contribution < 1.29 is 0 Å². The molecule has 1 nitrogen and oxygen atoms in total. The van der Waals surface area contributed by atoms with Crippen LogP contribution in [0.25, 0.3) is 49.7 Å². The Labute approximate surface area is 245 Å². The van der Waals surface area contributed by atoms with Crippen LogP contribution < -0.4 is 0 Å². The molecule has 0 fully saturated rings. The van der Waals surface area contributed by atoms with Gasteiger partial charge < -0.3 is 4.57 Å². The summed E-state index contributed by atoms with van der Waals surface area (Å²) in [6.45, 7) is 16.2. The molecule has 0 saturated carbocycles. The van der Waals surface area contributed by atoms with Crippen LogP contribution in [-0.4, -0.2) is 4.57 Å². The van der Waals surface area contributed by atoms with E-state index in [1.54, 1.807) is 0 Å². The number of fused-ring (bicyclic) bond motifs is 3. The molecule has 0 N–H and O–H groups in total. The lowest BCUT2D eigenvalue weighted by Gasteiger charge is -2.26. The molecule has 6 aromatic rings. The second-order valence-corrected chi connectivity index (χ2v) is 13.4. The van der Waals surface area contributed by atoms with E-state index in [4.69, 9.17) is 0 Å². The van der Waals surface area contributed by atoms with Crippen molar-refractivity contribution in [3.05, 3.63) is 126 Å². The zero-order valence-corrected chi connectivity index (χ0v) is 25.5. The van der Waals surface area contributed by atoms with Crippen molar-refractivity contribution in [2.24, 2.45) is 0 Å². The van der Waals surface area contributed by atoms with Crippen LogP contribution in [0.4, 0.5) is 0 Å². The lowest BCUT2D eigenvalue weighted by Crippen LogP contribution is -2.16. The van der Waals surface area contributed by atoms with Gasteiger partial charge in [0.1, 0.15) is 0 Å². The van der Waals surface area contributed by atoms with E-state index in [9.17, 15) is 0 Å². The van der Waals surface area contributed by atoms with Gasteiger partial charge in [-0.05, 0) is 62.8 Å². The molecule has 0 unspecified atom stereocenters. The number of benzene rings is 5. The minimum atomic E-state index is 0.0516. The zero-order chi connectivity index (χ0) is 28.9. The van der Waals surface area contributed by atoms with Crippen molar-refractivity contribution in [3.63, 3.8) is 0 Å². The molecule has 5 aromatic carbocycles. The quantitative estimate of drug-likeness (QED) is 0.211. The highest BCUT2D eigenvalue weighted by atomic mass is 15.0. The Bertz CT molecular complexity index is 1840. The van der Waals surface area contributed by atoms with Gasteiger partial charge in [0.15, 0.2) is 0 Å². The fraction of sp³-hybridized carbons (Fsp3) is 0.250. The molecule has 0 aliphatic heterocycles. The van der Waals surface area contributed by atoms with Crippen LogP contribution >= 0.6 is 0 Å². The number of hydrogen-bond donors (Lipinski definition) is 0. The number of para-hydroxylation sites is 2. The Morgan fingerprint density at radius 3 is 1.78 bits per heavy atom. The predicted octanol–water partition coefficient (Wildman–Crippen LogP) is 11.3. The van der Waals surface area contributed by atoms with Crippen LogP contribution in [0.2, 0.25) is 0 Å². The number of rotatable bonds is 4. The smallest absolute Gasteiger partial charge is 0.0619 e. The van der Waals surface area contributed by atoms with E-state index in [0.29, 0.717) is 0 Å². The molecule has 1 aromatic heterocycles. The summed E-state index contributed by atoms with van der Waals surface area (Å²) < 4.78 is 2.53. The number of hydrogen-bond acceptors (Lipinski definition) is 0. The summed E-state index contributed by atoms with van der Waals surface area (Å²) in [5, 5.41) is 2.59. The monoisotopic (exact) mass is 535 g/mol. The Morgan fingerprint density at radius 1 is 0.537 bits per heavy atom. The van der Waals surface area contributed by atoms with Gasteiger partial charge in [-0.3, -0.25) is 0 Å². The van der Waals surface area contributed by atoms with Crippen molar-refractivity contribution >= 4 is 21.8 Å². The lowest BCUT2D eigenvalue weighted by molar-refractivity contribution is 0.569. The number of nitrogens with zero attached hydrogens (tertiary/aromatic N) is 1. The second-order valence-electron chi connectivity index (χ2n) is 13.4. The van der Waals surface area contributed by atoms with E-state index >= 15 is 0 Å². The normalized spacial score (nSPS) is 12.4. The van der Waals surface area contributed by atoms with Crippen molar-refractivity contribution in [1.29, 1.82) is 0 Å². The Balaban J connectivity index is 1.74. The maximum Gasteiger partial charge on any atom is 0.0619 e. The van der Waals surface area contributed by atoms with Crippen molar-refractivity contribution in [2.45, 2.75) is 65.7 Å². The largest absolute Gasteiger partial charge is 0.308 e. The molecule has 6 rings (SSSR count). The first kappa shape index (κ1) is 27.1. The average molecular weight is 536 g/mol.